The van der Waals surface area contributed by atoms with E-state index in [1.54, 1.807) is 4.90 Å². The molecule has 0 atom stereocenters. The lowest BCUT2D eigenvalue weighted by atomic mass is 10.2. The van der Waals surface area contributed by atoms with Crippen LogP contribution in [-0.4, -0.2) is 37.5 Å². The molecule has 1 aromatic carbocycles. The van der Waals surface area contributed by atoms with Gasteiger partial charge in [-0.1, -0.05) is 32.0 Å². The number of carbonyl (C=O) groups excluding carboxylic acids is 1. The van der Waals surface area contributed by atoms with E-state index >= 15 is 0 Å². The monoisotopic (exact) mass is 234 g/mol. The minimum atomic E-state index is 0.142. The highest BCUT2D eigenvalue weighted by Crippen LogP contribution is 2.17. The molecule has 0 radical (unpaired) electrons. The molecule has 0 bridgehead atoms. The Hall–Kier alpha value is -1.35. The molecule has 94 valence electrons. The van der Waals surface area contributed by atoms with Gasteiger partial charge in [0.1, 0.15) is 0 Å². The van der Waals surface area contributed by atoms with Crippen molar-refractivity contribution in [3.8, 4) is 0 Å². The van der Waals surface area contributed by atoms with Crippen LogP contribution in [0.5, 0.6) is 0 Å². The number of amides is 1. The van der Waals surface area contributed by atoms with E-state index in [-0.39, 0.29) is 5.91 Å². The molecule has 0 unspecified atom stereocenters. The number of benzene rings is 1. The number of hydrogen-bond acceptors (Lipinski definition) is 2. The van der Waals surface area contributed by atoms with Crippen LogP contribution < -0.4 is 4.90 Å². The third-order valence-electron chi connectivity index (χ3n) is 3.10. The highest BCUT2D eigenvalue weighted by molar-refractivity contribution is 5.94. The Bertz CT molecular complexity index is 372. The first-order valence-corrected chi connectivity index (χ1v) is 6.14. The molecule has 0 saturated heterocycles. The Morgan fingerprint density at radius 3 is 2.29 bits per heavy atom. The first kappa shape index (κ1) is 13.7. The number of aryl methyl sites for hydroxylation is 1. The van der Waals surface area contributed by atoms with E-state index in [1.807, 2.05) is 38.2 Å². The van der Waals surface area contributed by atoms with Crippen LogP contribution in [0.15, 0.2) is 24.3 Å². The van der Waals surface area contributed by atoms with Gasteiger partial charge in [-0.25, -0.2) is 0 Å². The summed E-state index contributed by atoms with van der Waals surface area (Å²) in [4.78, 5) is 16.0. The number of carbonyl (C=O) groups is 1. The topological polar surface area (TPSA) is 23.6 Å². The highest BCUT2D eigenvalue weighted by atomic mass is 16.2. The van der Waals surface area contributed by atoms with Gasteiger partial charge in [-0.05, 0) is 31.6 Å². The van der Waals surface area contributed by atoms with Crippen LogP contribution in [-0.2, 0) is 4.79 Å². The Kier molecular flexibility index (Phi) is 5.16. The molecule has 0 spiro atoms. The van der Waals surface area contributed by atoms with E-state index in [0.29, 0.717) is 6.54 Å². The normalized spacial score (nSPS) is 10.6. The van der Waals surface area contributed by atoms with Crippen molar-refractivity contribution in [1.29, 1.82) is 0 Å². The molecule has 0 aliphatic rings. The van der Waals surface area contributed by atoms with Crippen LogP contribution in [0, 0.1) is 6.92 Å². The highest BCUT2D eigenvalue weighted by Gasteiger charge is 2.14. The molecule has 0 N–H and O–H groups in total. The van der Waals surface area contributed by atoms with Gasteiger partial charge in [0.2, 0.25) is 5.91 Å². The quantitative estimate of drug-likeness (QED) is 0.780. The van der Waals surface area contributed by atoms with Crippen molar-refractivity contribution in [2.24, 2.45) is 0 Å². The van der Waals surface area contributed by atoms with Gasteiger partial charge in [-0.2, -0.15) is 0 Å². The standard InChI is InChI=1S/C14H22N2O/c1-5-16(6-2)11-14(17)15(4)13-10-8-7-9-12(13)3/h7-10H,5-6,11H2,1-4H3. The summed E-state index contributed by atoms with van der Waals surface area (Å²) in [6.45, 7) is 8.47. The molecule has 17 heavy (non-hydrogen) atoms. The first-order valence-electron chi connectivity index (χ1n) is 6.14. The Labute approximate surface area is 104 Å². The van der Waals surface area contributed by atoms with Crippen molar-refractivity contribution in [1.82, 2.24) is 4.90 Å². The van der Waals surface area contributed by atoms with Crippen molar-refractivity contribution < 1.29 is 4.79 Å². The van der Waals surface area contributed by atoms with Gasteiger partial charge in [0.25, 0.3) is 0 Å². The lowest BCUT2D eigenvalue weighted by Crippen LogP contribution is -2.38. The summed E-state index contributed by atoms with van der Waals surface area (Å²) in [6, 6.07) is 7.96. The third kappa shape index (κ3) is 3.56. The van der Waals surface area contributed by atoms with E-state index in [2.05, 4.69) is 18.7 Å². The van der Waals surface area contributed by atoms with E-state index in [0.717, 1.165) is 24.3 Å². The van der Waals surface area contributed by atoms with Crippen LogP contribution in [0.4, 0.5) is 5.69 Å². The number of para-hydroxylation sites is 1. The zero-order chi connectivity index (χ0) is 12.8. The van der Waals surface area contributed by atoms with E-state index in [4.69, 9.17) is 0 Å². The molecule has 0 saturated carbocycles. The predicted octanol–water partition coefficient (Wildman–Crippen LogP) is 2.30. The zero-order valence-electron chi connectivity index (χ0n) is 11.2. The van der Waals surface area contributed by atoms with Gasteiger partial charge in [0.15, 0.2) is 0 Å². The molecule has 1 aromatic rings. The van der Waals surface area contributed by atoms with Crippen molar-refractivity contribution >= 4 is 11.6 Å². The van der Waals surface area contributed by atoms with Crippen LogP contribution in [0.25, 0.3) is 0 Å². The molecule has 0 aromatic heterocycles. The molecule has 3 nitrogen and oxygen atoms in total. The Balaban J connectivity index is 2.73. The summed E-state index contributed by atoms with van der Waals surface area (Å²) < 4.78 is 0. The number of nitrogens with zero attached hydrogens (tertiary/aromatic N) is 2. The van der Waals surface area contributed by atoms with Crippen molar-refractivity contribution in [2.75, 3.05) is 31.6 Å². The molecular weight excluding hydrogens is 212 g/mol. The van der Waals surface area contributed by atoms with Crippen molar-refractivity contribution in [2.45, 2.75) is 20.8 Å². The van der Waals surface area contributed by atoms with Crippen LogP contribution >= 0.6 is 0 Å². The molecule has 3 heteroatoms. The average Bonchev–Trinajstić information content (AvgIpc) is 2.35. The average molecular weight is 234 g/mol. The number of hydrogen-bond donors (Lipinski definition) is 0. The number of likely N-dealkylation sites (N-methyl/N-ethyl adjacent to an activating group) is 2. The SMILES string of the molecule is CCN(CC)CC(=O)N(C)c1ccccc1C. The molecule has 0 aliphatic heterocycles. The molecule has 0 fully saturated rings. The van der Waals surface area contributed by atoms with Crippen LogP contribution in [0.2, 0.25) is 0 Å². The summed E-state index contributed by atoms with van der Waals surface area (Å²) in [5.41, 5.74) is 2.12. The fourth-order valence-corrected chi connectivity index (χ4v) is 1.82. The summed E-state index contributed by atoms with van der Waals surface area (Å²) in [5.74, 6) is 0.142. The van der Waals surface area contributed by atoms with Crippen molar-refractivity contribution in [3.05, 3.63) is 29.8 Å². The molecule has 1 rings (SSSR count). The summed E-state index contributed by atoms with van der Waals surface area (Å²) >= 11 is 0. The largest absolute Gasteiger partial charge is 0.314 e. The lowest BCUT2D eigenvalue weighted by molar-refractivity contribution is -0.119. The van der Waals surface area contributed by atoms with Crippen molar-refractivity contribution in [3.63, 3.8) is 0 Å². The van der Waals surface area contributed by atoms with Crippen LogP contribution in [0.3, 0.4) is 0 Å². The molecular formula is C14H22N2O. The second kappa shape index (κ2) is 6.40. The van der Waals surface area contributed by atoms with Gasteiger partial charge in [-0.15, -0.1) is 0 Å². The van der Waals surface area contributed by atoms with Gasteiger partial charge >= 0.3 is 0 Å². The van der Waals surface area contributed by atoms with E-state index in [1.165, 1.54) is 0 Å². The number of rotatable bonds is 5. The predicted molar refractivity (Wildman–Crippen MR) is 72.4 cm³/mol. The van der Waals surface area contributed by atoms with E-state index < -0.39 is 0 Å². The molecule has 1 amide bonds. The number of anilines is 1. The summed E-state index contributed by atoms with van der Waals surface area (Å²) in [7, 11) is 1.84. The Morgan fingerprint density at radius 1 is 1.18 bits per heavy atom. The third-order valence-corrected chi connectivity index (χ3v) is 3.10. The molecule has 0 heterocycles. The van der Waals surface area contributed by atoms with Gasteiger partial charge in [0, 0.05) is 12.7 Å². The van der Waals surface area contributed by atoms with Gasteiger partial charge in [-0.3, -0.25) is 9.69 Å². The lowest BCUT2D eigenvalue weighted by Gasteiger charge is -2.24. The van der Waals surface area contributed by atoms with Gasteiger partial charge < -0.3 is 4.90 Å². The first-order chi connectivity index (χ1) is 8.10. The summed E-state index contributed by atoms with van der Waals surface area (Å²) in [6.07, 6.45) is 0. The maximum absolute atomic E-state index is 12.1. The second-order valence-corrected chi connectivity index (χ2v) is 4.20. The maximum Gasteiger partial charge on any atom is 0.240 e. The zero-order valence-corrected chi connectivity index (χ0v) is 11.2. The van der Waals surface area contributed by atoms with E-state index in [9.17, 15) is 4.79 Å². The summed E-state index contributed by atoms with van der Waals surface area (Å²) in [5, 5.41) is 0. The maximum atomic E-state index is 12.1. The Morgan fingerprint density at radius 2 is 1.76 bits per heavy atom. The fourth-order valence-electron chi connectivity index (χ4n) is 1.82. The minimum Gasteiger partial charge on any atom is -0.314 e. The second-order valence-electron chi connectivity index (χ2n) is 4.20. The minimum absolute atomic E-state index is 0.142. The smallest absolute Gasteiger partial charge is 0.240 e. The molecule has 0 aliphatic carbocycles. The van der Waals surface area contributed by atoms with Crippen LogP contribution in [0.1, 0.15) is 19.4 Å². The van der Waals surface area contributed by atoms with Gasteiger partial charge in [0.05, 0.1) is 6.54 Å². The fraction of sp³-hybridized carbons (Fsp3) is 0.500.